The largest absolute Gasteiger partial charge is 0.469 e. The summed E-state index contributed by atoms with van der Waals surface area (Å²) in [5.41, 5.74) is -0.728. The standard InChI is InChI=1S/C10H19O5P/c1-3-4-5-8-16(13,14)10(12)7-6-9(11)15-2/h3-8H2,1-2H3,(H,13,14). The van der Waals surface area contributed by atoms with Gasteiger partial charge in [0.05, 0.1) is 13.5 Å². The van der Waals surface area contributed by atoms with Crippen molar-refractivity contribution in [3.05, 3.63) is 0 Å². The summed E-state index contributed by atoms with van der Waals surface area (Å²) in [6.07, 6.45) is 1.99. The minimum Gasteiger partial charge on any atom is -0.469 e. The number of rotatable bonds is 8. The SMILES string of the molecule is CCCCCP(=O)(O)C(=O)CCC(=O)OC. The summed E-state index contributed by atoms with van der Waals surface area (Å²) < 4.78 is 15.9. The Morgan fingerprint density at radius 3 is 2.38 bits per heavy atom. The molecule has 0 amide bonds. The van der Waals surface area contributed by atoms with Crippen LogP contribution in [0.25, 0.3) is 0 Å². The number of hydrogen-bond donors (Lipinski definition) is 1. The summed E-state index contributed by atoms with van der Waals surface area (Å²) in [5, 5.41) is 0. The Labute approximate surface area is 95.6 Å². The molecule has 0 rings (SSSR count). The van der Waals surface area contributed by atoms with Crippen LogP contribution in [0, 0.1) is 0 Å². The van der Waals surface area contributed by atoms with E-state index in [4.69, 9.17) is 0 Å². The highest BCUT2D eigenvalue weighted by atomic mass is 31.2. The van der Waals surface area contributed by atoms with Crippen LogP contribution in [0.4, 0.5) is 0 Å². The molecule has 0 aliphatic carbocycles. The fourth-order valence-corrected chi connectivity index (χ4v) is 2.55. The molecule has 0 aliphatic rings. The van der Waals surface area contributed by atoms with Gasteiger partial charge in [0.15, 0.2) is 0 Å². The van der Waals surface area contributed by atoms with Gasteiger partial charge in [-0.15, -0.1) is 0 Å². The molecule has 6 heteroatoms. The number of carbonyl (C=O) groups is 2. The van der Waals surface area contributed by atoms with Gasteiger partial charge in [-0.1, -0.05) is 19.8 Å². The van der Waals surface area contributed by atoms with Gasteiger partial charge in [0.1, 0.15) is 0 Å². The van der Waals surface area contributed by atoms with E-state index in [0.29, 0.717) is 6.42 Å². The highest BCUT2D eigenvalue weighted by Gasteiger charge is 2.27. The maximum Gasteiger partial charge on any atom is 0.305 e. The summed E-state index contributed by atoms with van der Waals surface area (Å²) >= 11 is 0. The third-order valence-corrected chi connectivity index (χ3v) is 4.15. The van der Waals surface area contributed by atoms with E-state index in [9.17, 15) is 19.0 Å². The molecule has 16 heavy (non-hydrogen) atoms. The molecule has 0 saturated carbocycles. The van der Waals surface area contributed by atoms with Crippen molar-refractivity contribution in [1.82, 2.24) is 0 Å². The number of carbonyl (C=O) groups excluding carboxylic acids is 2. The molecule has 0 spiro atoms. The number of methoxy groups -OCH3 is 1. The lowest BCUT2D eigenvalue weighted by molar-refractivity contribution is -0.141. The highest BCUT2D eigenvalue weighted by Crippen LogP contribution is 2.43. The molecule has 0 aromatic rings. The van der Waals surface area contributed by atoms with Gasteiger partial charge in [-0.05, 0) is 6.42 Å². The van der Waals surface area contributed by atoms with Gasteiger partial charge < -0.3 is 9.63 Å². The van der Waals surface area contributed by atoms with Crippen LogP contribution in [0.15, 0.2) is 0 Å². The van der Waals surface area contributed by atoms with Gasteiger partial charge in [-0.2, -0.15) is 0 Å². The fourth-order valence-electron chi connectivity index (χ4n) is 1.19. The van der Waals surface area contributed by atoms with Crippen molar-refractivity contribution in [2.75, 3.05) is 13.3 Å². The first-order valence-corrected chi connectivity index (χ1v) is 7.20. The second-order valence-electron chi connectivity index (χ2n) is 3.60. The minimum atomic E-state index is -3.73. The summed E-state index contributed by atoms with van der Waals surface area (Å²) in [5.74, 6) is -0.540. The molecule has 0 radical (unpaired) electrons. The van der Waals surface area contributed by atoms with Crippen LogP contribution in [0.5, 0.6) is 0 Å². The summed E-state index contributed by atoms with van der Waals surface area (Å²) in [6, 6.07) is 0. The van der Waals surface area contributed by atoms with Gasteiger partial charge >= 0.3 is 5.97 Å². The molecule has 0 aliphatic heterocycles. The average molecular weight is 250 g/mol. The van der Waals surface area contributed by atoms with E-state index in [-0.39, 0.29) is 19.0 Å². The summed E-state index contributed by atoms with van der Waals surface area (Å²) in [4.78, 5) is 31.6. The van der Waals surface area contributed by atoms with Gasteiger partial charge in [0.2, 0.25) is 5.52 Å². The first-order chi connectivity index (χ1) is 7.44. The molecule has 0 bridgehead atoms. The Bertz CT molecular complexity index is 287. The lowest BCUT2D eigenvalue weighted by Crippen LogP contribution is -2.08. The smallest absolute Gasteiger partial charge is 0.305 e. The molecule has 94 valence electrons. The van der Waals surface area contributed by atoms with E-state index >= 15 is 0 Å². The normalized spacial score (nSPS) is 14.2. The molecule has 0 aromatic heterocycles. The predicted molar refractivity (Wildman–Crippen MR) is 60.5 cm³/mol. The molecular formula is C10H19O5P. The quantitative estimate of drug-likeness (QED) is 0.404. The number of unbranched alkanes of at least 4 members (excludes halogenated alkanes) is 2. The van der Waals surface area contributed by atoms with E-state index < -0.39 is 18.9 Å². The van der Waals surface area contributed by atoms with Crippen LogP contribution < -0.4 is 0 Å². The maximum atomic E-state index is 11.5. The van der Waals surface area contributed by atoms with Gasteiger partial charge in [0, 0.05) is 12.6 Å². The molecule has 1 atom stereocenters. The van der Waals surface area contributed by atoms with E-state index in [2.05, 4.69) is 4.74 Å². The molecule has 0 heterocycles. The van der Waals surface area contributed by atoms with Crippen molar-refractivity contribution >= 4 is 18.9 Å². The van der Waals surface area contributed by atoms with E-state index in [1.165, 1.54) is 7.11 Å². The number of ether oxygens (including phenoxy) is 1. The van der Waals surface area contributed by atoms with E-state index in [1.807, 2.05) is 6.92 Å². The van der Waals surface area contributed by atoms with Crippen molar-refractivity contribution in [3.8, 4) is 0 Å². The Balaban J connectivity index is 4.04. The summed E-state index contributed by atoms with van der Waals surface area (Å²) in [6.45, 7) is 1.97. The molecule has 1 N–H and O–H groups in total. The minimum absolute atomic E-state index is 0.0147. The van der Waals surface area contributed by atoms with Crippen LogP contribution in [0.2, 0.25) is 0 Å². The second-order valence-corrected chi connectivity index (χ2v) is 5.95. The zero-order valence-corrected chi connectivity index (χ0v) is 10.7. The van der Waals surface area contributed by atoms with Crippen LogP contribution in [0.1, 0.15) is 39.0 Å². The predicted octanol–water partition coefficient (Wildman–Crippen LogP) is 1.93. The fraction of sp³-hybridized carbons (Fsp3) is 0.800. The Morgan fingerprint density at radius 2 is 1.88 bits per heavy atom. The molecule has 1 unspecified atom stereocenters. The summed E-state index contributed by atoms with van der Waals surface area (Å²) in [7, 11) is -2.51. The third-order valence-electron chi connectivity index (χ3n) is 2.23. The van der Waals surface area contributed by atoms with Crippen molar-refractivity contribution < 1.29 is 23.8 Å². The van der Waals surface area contributed by atoms with Crippen LogP contribution in [0.3, 0.4) is 0 Å². The maximum absolute atomic E-state index is 11.5. The molecule has 0 aromatic carbocycles. The van der Waals surface area contributed by atoms with Gasteiger partial charge in [0.25, 0.3) is 7.37 Å². The second kappa shape index (κ2) is 7.58. The Kier molecular flexibility index (Phi) is 7.26. The zero-order valence-electron chi connectivity index (χ0n) is 9.77. The third kappa shape index (κ3) is 6.03. The Hall–Kier alpha value is -0.670. The van der Waals surface area contributed by atoms with Crippen molar-refractivity contribution in [1.29, 1.82) is 0 Å². The van der Waals surface area contributed by atoms with Crippen molar-refractivity contribution in [3.63, 3.8) is 0 Å². The lowest BCUT2D eigenvalue weighted by atomic mass is 10.3. The first kappa shape index (κ1) is 15.3. The molecule has 0 saturated heterocycles. The highest BCUT2D eigenvalue weighted by molar-refractivity contribution is 7.75. The zero-order chi connectivity index (χ0) is 12.6. The molecular weight excluding hydrogens is 231 g/mol. The van der Waals surface area contributed by atoms with Crippen molar-refractivity contribution in [2.45, 2.75) is 39.0 Å². The average Bonchev–Trinajstić information content (AvgIpc) is 2.25. The first-order valence-electron chi connectivity index (χ1n) is 5.36. The number of esters is 1. The van der Waals surface area contributed by atoms with Gasteiger partial charge in [-0.3, -0.25) is 14.2 Å². The Morgan fingerprint density at radius 1 is 1.25 bits per heavy atom. The lowest BCUT2D eigenvalue weighted by Gasteiger charge is -2.09. The molecule has 5 nitrogen and oxygen atoms in total. The van der Waals surface area contributed by atoms with Crippen LogP contribution >= 0.6 is 7.37 Å². The van der Waals surface area contributed by atoms with Crippen LogP contribution in [-0.2, 0) is 18.9 Å². The van der Waals surface area contributed by atoms with E-state index in [0.717, 1.165) is 12.8 Å². The number of hydrogen-bond acceptors (Lipinski definition) is 4. The topological polar surface area (TPSA) is 80.7 Å². The van der Waals surface area contributed by atoms with Crippen molar-refractivity contribution in [2.24, 2.45) is 0 Å². The monoisotopic (exact) mass is 250 g/mol. The van der Waals surface area contributed by atoms with E-state index in [1.54, 1.807) is 0 Å². The van der Waals surface area contributed by atoms with Gasteiger partial charge in [-0.25, -0.2) is 0 Å². The molecule has 0 fully saturated rings. The van der Waals surface area contributed by atoms with Crippen LogP contribution in [-0.4, -0.2) is 29.7 Å².